The lowest BCUT2D eigenvalue weighted by atomic mass is 9.44. The minimum atomic E-state index is 0.0491. The SMILES string of the molecule is Cc1ccsc1C(C)NC(=O)C[C@@H](C)C1CC[C@H]2C3C(=O)CC4CC(=O)CCC4(C)[C@H]3CCC12C. The second-order valence-corrected chi connectivity index (χ2v) is 14.0. The van der Waals surface area contributed by atoms with Gasteiger partial charge in [0.05, 0.1) is 6.04 Å². The zero-order valence-electron chi connectivity index (χ0n) is 22.2. The monoisotopic (exact) mass is 497 g/mol. The number of Topliss-reactive ketones (excluding diaryl/α,β-unsaturated/α-hetero) is 2. The van der Waals surface area contributed by atoms with Gasteiger partial charge < -0.3 is 5.32 Å². The van der Waals surface area contributed by atoms with Gasteiger partial charge in [0.15, 0.2) is 0 Å². The van der Waals surface area contributed by atoms with Crippen LogP contribution >= 0.6 is 11.3 Å². The molecule has 4 aliphatic rings. The van der Waals surface area contributed by atoms with Crippen molar-refractivity contribution in [1.82, 2.24) is 5.32 Å². The van der Waals surface area contributed by atoms with E-state index >= 15 is 0 Å². The van der Waals surface area contributed by atoms with Crippen LogP contribution in [0.5, 0.6) is 0 Å². The van der Waals surface area contributed by atoms with Crippen molar-refractivity contribution in [2.45, 2.75) is 98.4 Å². The summed E-state index contributed by atoms with van der Waals surface area (Å²) >= 11 is 1.71. The number of fused-ring (bicyclic) bond motifs is 5. The van der Waals surface area contributed by atoms with Gasteiger partial charge in [0.2, 0.25) is 5.91 Å². The van der Waals surface area contributed by atoms with E-state index in [1.807, 2.05) is 0 Å². The third-order valence-corrected chi connectivity index (χ3v) is 12.4. The van der Waals surface area contributed by atoms with Crippen LogP contribution in [0.1, 0.15) is 102 Å². The Kier molecular flexibility index (Phi) is 6.56. The molecular formula is C30H43NO3S. The third-order valence-electron chi connectivity index (χ3n) is 11.2. The van der Waals surface area contributed by atoms with Crippen molar-refractivity contribution in [2.75, 3.05) is 0 Å². The molecule has 4 aliphatic carbocycles. The van der Waals surface area contributed by atoms with Gasteiger partial charge in [0.1, 0.15) is 11.6 Å². The maximum atomic E-state index is 13.6. The van der Waals surface area contributed by atoms with Crippen molar-refractivity contribution in [2.24, 2.45) is 46.3 Å². The average molecular weight is 498 g/mol. The first kappa shape index (κ1) is 25.2. The standard InChI is InChI=1S/C30H43NO3S/c1-17-10-13-35-28(17)19(3)31-26(34)14-18(2)22-6-7-23-27-24(9-12-30(22,23)5)29(4)11-8-21(32)15-20(29)16-25(27)33/h10,13,18-20,22-24,27H,6-9,11-12,14-16H2,1-5H3,(H,31,34)/t18-,19?,20?,22?,23+,24+,27?,29?,30?/m1/s1. The van der Waals surface area contributed by atoms with Crippen molar-refractivity contribution in [1.29, 1.82) is 0 Å². The van der Waals surface area contributed by atoms with E-state index in [0.29, 0.717) is 60.9 Å². The molecule has 4 saturated carbocycles. The van der Waals surface area contributed by atoms with E-state index < -0.39 is 0 Å². The summed E-state index contributed by atoms with van der Waals surface area (Å²) in [6, 6.07) is 2.16. The average Bonchev–Trinajstić information content (AvgIpc) is 3.37. The maximum absolute atomic E-state index is 13.6. The van der Waals surface area contributed by atoms with Crippen LogP contribution in [-0.2, 0) is 14.4 Å². The molecule has 0 aliphatic heterocycles. The van der Waals surface area contributed by atoms with Gasteiger partial charge in [-0.2, -0.15) is 0 Å². The lowest BCUT2D eigenvalue weighted by molar-refractivity contribution is -0.159. The Labute approximate surface area is 215 Å². The number of amides is 1. The second kappa shape index (κ2) is 9.11. The number of rotatable bonds is 5. The molecule has 35 heavy (non-hydrogen) atoms. The summed E-state index contributed by atoms with van der Waals surface area (Å²) in [4.78, 5) is 40.0. The van der Waals surface area contributed by atoms with E-state index in [-0.39, 0.29) is 34.6 Å². The molecule has 5 heteroatoms. The summed E-state index contributed by atoms with van der Waals surface area (Å²) in [5.74, 6) is 3.04. The Morgan fingerprint density at radius 3 is 2.54 bits per heavy atom. The number of hydrogen-bond donors (Lipinski definition) is 1. The quantitative estimate of drug-likeness (QED) is 0.494. The first-order valence-corrected chi connectivity index (χ1v) is 14.8. The molecule has 4 nitrogen and oxygen atoms in total. The lowest BCUT2D eigenvalue weighted by Gasteiger charge is -2.59. The smallest absolute Gasteiger partial charge is 0.220 e. The molecule has 0 saturated heterocycles. The number of nitrogens with one attached hydrogen (secondary N) is 1. The molecule has 1 aromatic rings. The van der Waals surface area contributed by atoms with Crippen LogP contribution in [0, 0.1) is 53.3 Å². The van der Waals surface area contributed by atoms with Gasteiger partial charge in [-0.25, -0.2) is 0 Å². The zero-order chi connectivity index (χ0) is 25.1. The largest absolute Gasteiger partial charge is 0.349 e. The second-order valence-electron chi connectivity index (χ2n) is 13.0. The highest BCUT2D eigenvalue weighted by Crippen LogP contribution is 2.67. The van der Waals surface area contributed by atoms with Crippen molar-refractivity contribution >= 4 is 28.8 Å². The number of thiophene rings is 1. The molecule has 9 atom stereocenters. The molecule has 5 rings (SSSR count). The summed E-state index contributed by atoms with van der Waals surface area (Å²) in [7, 11) is 0. The molecule has 0 bridgehead atoms. The fraction of sp³-hybridized carbons (Fsp3) is 0.767. The van der Waals surface area contributed by atoms with Crippen molar-refractivity contribution in [3.63, 3.8) is 0 Å². The molecule has 6 unspecified atom stereocenters. The van der Waals surface area contributed by atoms with Crippen LogP contribution in [0.3, 0.4) is 0 Å². The van der Waals surface area contributed by atoms with Gasteiger partial charge >= 0.3 is 0 Å². The minimum absolute atomic E-state index is 0.0491. The number of aryl methyl sites for hydroxylation is 1. The first-order valence-electron chi connectivity index (χ1n) is 13.9. The van der Waals surface area contributed by atoms with E-state index in [1.165, 1.54) is 10.4 Å². The van der Waals surface area contributed by atoms with E-state index in [9.17, 15) is 14.4 Å². The van der Waals surface area contributed by atoms with E-state index in [4.69, 9.17) is 0 Å². The molecular weight excluding hydrogens is 454 g/mol. The third kappa shape index (κ3) is 4.14. The molecule has 1 aromatic heterocycles. The number of carbonyl (C=O) groups is 3. The Bertz CT molecular complexity index is 1010. The Balaban J connectivity index is 1.28. The van der Waals surface area contributed by atoms with E-state index in [0.717, 1.165) is 32.1 Å². The predicted octanol–water partition coefficient (Wildman–Crippen LogP) is 6.67. The van der Waals surface area contributed by atoms with Crippen molar-refractivity contribution in [3.05, 3.63) is 21.9 Å². The first-order chi connectivity index (χ1) is 16.5. The number of carbonyl (C=O) groups excluding carboxylic acids is 3. The van der Waals surface area contributed by atoms with E-state index in [2.05, 4.69) is 51.4 Å². The topological polar surface area (TPSA) is 63.2 Å². The van der Waals surface area contributed by atoms with E-state index in [1.54, 1.807) is 11.3 Å². The van der Waals surface area contributed by atoms with Gasteiger partial charge in [-0.05, 0) is 103 Å². The Morgan fingerprint density at radius 2 is 1.83 bits per heavy atom. The fourth-order valence-corrected chi connectivity index (χ4v) is 10.3. The predicted molar refractivity (Wildman–Crippen MR) is 140 cm³/mol. The van der Waals surface area contributed by atoms with Crippen molar-refractivity contribution in [3.8, 4) is 0 Å². The maximum Gasteiger partial charge on any atom is 0.220 e. The molecule has 1 amide bonds. The van der Waals surface area contributed by atoms with Crippen LogP contribution in [0.15, 0.2) is 11.4 Å². The van der Waals surface area contributed by atoms with Crippen molar-refractivity contribution < 1.29 is 14.4 Å². The molecule has 0 radical (unpaired) electrons. The summed E-state index contributed by atoms with van der Waals surface area (Å²) in [5.41, 5.74) is 1.53. The summed E-state index contributed by atoms with van der Waals surface area (Å²) in [5, 5.41) is 5.33. The van der Waals surface area contributed by atoms with Gasteiger partial charge in [-0.15, -0.1) is 11.3 Å². The Hall–Kier alpha value is -1.49. The summed E-state index contributed by atoms with van der Waals surface area (Å²) < 4.78 is 0. The summed E-state index contributed by atoms with van der Waals surface area (Å²) in [6.45, 7) is 11.3. The van der Waals surface area contributed by atoms with Gasteiger partial charge in [0, 0.05) is 36.5 Å². The molecule has 1 heterocycles. The highest BCUT2D eigenvalue weighted by atomic mass is 32.1. The molecule has 0 spiro atoms. The highest BCUT2D eigenvalue weighted by molar-refractivity contribution is 7.10. The zero-order valence-corrected chi connectivity index (χ0v) is 23.0. The normalized spacial score (nSPS) is 40.4. The van der Waals surface area contributed by atoms with Gasteiger partial charge in [0.25, 0.3) is 0 Å². The fourth-order valence-electron chi connectivity index (χ4n) is 9.33. The molecule has 1 N–H and O–H groups in total. The Morgan fingerprint density at radius 1 is 1.09 bits per heavy atom. The highest BCUT2D eigenvalue weighted by Gasteiger charge is 2.63. The van der Waals surface area contributed by atoms with Gasteiger partial charge in [-0.1, -0.05) is 20.8 Å². The van der Waals surface area contributed by atoms with Crippen LogP contribution in [-0.4, -0.2) is 17.5 Å². The minimum Gasteiger partial charge on any atom is -0.349 e. The van der Waals surface area contributed by atoms with Crippen LogP contribution in [0.4, 0.5) is 0 Å². The summed E-state index contributed by atoms with van der Waals surface area (Å²) in [6.07, 6.45) is 7.96. The van der Waals surface area contributed by atoms with Crippen LogP contribution in [0.2, 0.25) is 0 Å². The number of ketones is 2. The molecule has 4 fully saturated rings. The van der Waals surface area contributed by atoms with Crippen LogP contribution < -0.4 is 5.32 Å². The molecule has 0 aromatic carbocycles. The van der Waals surface area contributed by atoms with Crippen LogP contribution in [0.25, 0.3) is 0 Å². The van der Waals surface area contributed by atoms with Gasteiger partial charge in [-0.3, -0.25) is 14.4 Å². The number of hydrogen-bond acceptors (Lipinski definition) is 4. The lowest BCUT2D eigenvalue weighted by Crippen LogP contribution is -2.57. The molecule has 192 valence electrons.